The summed E-state index contributed by atoms with van der Waals surface area (Å²) in [6.45, 7) is 5.78. The average Bonchev–Trinajstić information content (AvgIpc) is 2.35. The van der Waals surface area contributed by atoms with Crippen molar-refractivity contribution in [2.24, 2.45) is 0 Å². The molecule has 2 N–H and O–H groups in total. The fourth-order valence-electron chi connectivity index (χ4n) is 1.85. The molecule has 0 spiro atoms. The average molecular weight is 315 g/mol. The van der Waals surface area contributed by atoms with Crippen LogP contribution in [0.1, 0.15) is 38.8 Å². The van der Waals surface area contributed by atoms with Crippen LogP contribution in [0.25, 0.3) is 0 Å². The number of aliphatic hydroxyl groups is 1. The Morgan fingerprint density at radius 3 is 2.18 bits per heavy atom. The first-order valence-electron chi connectivity index (χ1n) is 7.09. The number of carbonyl (C=O) groups excluding carboxylic acids is 1. The highest BCUT2D eigenvalue weighted by atomic mass is 19.3. The molecule has 1 rings (SSSR count). The van der Waals surface area contributed by atoms with E-state index in [1.165, 1.54) is 12.1 Å². The molecule has 1 aromatic carbocycles. The maximum absolute atomic E-state index is 13.1. The van der Waals surface area contributed by atoms with Crippen molar-refractivity contribution in [1.29, 1.82) is 0 Å². The molecule has 6 heteroatoms. The summed E-state index contributed by atoms with van der Waals surface area (Å²) in [6.07, 6.45) is -0.297. The van der Waals surface area contributed by atoms with Gasteiger partial charge in [-0.3, -0.25) is 0 Å². The zero-order valence-electron chi connectivity index (χ0n) is 13.3. The van der Waals surface area contributed by atoms with Gasteiger partial charge in [0, 0.05) is 12.5 Å². The maximum atomic E-state index is 13.1. The number of hydrogen-bond donors (Lipinski definition) is 2. The van der Waals surface area contributed by atoms with E-state index in [-0.39, 0.29) is 12.2 Å². The van der Waals surface area contributed by atoms with E-state index in [2.05, 4.69) is 5.32 Å². The Hall–Kier alpha value is -1.69. The van der Waals surface area contributed by atoms with E-state index in [0.717, 1.165) is 12.5 Å². The predicted octanol–water partition coefficient (Wildman–Crippen LogP) is 3.23. The van der Waals surface area contributed by atoms with Gasteiger partial charge in [0.05, 0.1) is 12.6 Å². The van der Waals surface area contributed by atoms with E-state index >= 15 is 0 Å². The van der Waals surface area contributed by atoms with Gasteiger partial charge in [-0.2, -0.15) is 0 Å². The molecule has 0 aliphatic rings. The molecule has 124 valence electrons. The summed E-state index contributed by atoms with van der Waals surface area (Å²) in [6, 6.07) is 5.27. The number of alkyl halides is 2. The van der Waals surface area contributed by atoms with E-state index in [1.807, 2.05) is 0 Å². The summed E-state index contributed by atoms with van der Waals surface area (Å²) >= 11 is 0. The second-order valence-corrected chi connectivity index (χ2v) is 6.32. The summed E-state index contributed by atoms with van der Waals surface area (Å²) in [5.74, 6) is -2.89. The zero-order chi connectivity index (χ0) is 17.0. The highest BCUT2D eigenvalue weighted by molar-refractivity contribution is 5.68. The molecule has 0 aromatic heterocycles. The number of benzene rings is 1. The summed E-state index contributed by atoms with van der Waals surface area (Å²) < 4.78 is 31.4. The topological polar surface area (TPSA) is 58.6 Å². The Kier molecular flexibility index (Phi) is 5.88. The third kappa shape index (κ3) is 6.39. The van der Waals surface area contributed by atoms with Crippen LogP contribution in [0.5, 0.6) is 0 Å². The minimum absolute atomic E-state index is 0.0723. The molecule has 1 aromatic rings. The standard InChI is InChI=1S/C16H23F2NO3/c1-15(2,3)22-14(21)19-13(10-20)9-11-5-7-12(8-6-11)16(4,17)18/h5-8,13,20H,9-10H2,1-4H3,(H,19,21). The fourth-order valence-corrected chi connectivity index (χ4v) is 1.85. The lowest BCUT2D eigenvalue weighted by atomic mass is 10.0. The van der Waals surface area contributed by atoms with Crippen molar-refractivity contribution in [1.82, 2.24) is 5.32 Å². The Balaban J connectivity index is 2.65. The Morgan fingerprint density at radius 1 is 1.23 bits per heavy atom. The van der Waals surface area contributed by atoms with Gasteiger partial charge in [-0.1, -0.05) is 24.3 Å². The molecule has 1 unspecified atom stereocenters. The van der Waals surface area contributed by atoms with Crippen LogP contribution < -0.4 is 5.32 Å². The van der Waals surface area contributed by atoms with Crippen molar-refractivity contribution >= 4 is 6.09 Å². The van der Waals surface area contributed by atoms with Gasteiger partial charge >= 0.3 is 6.09 Å². The first kappa shape index (κ1) is 18.4. The molecule has 0 aliphatic carbocycles. The van der Waals surface area contributed by atoms with E-state index in [9.17, 15) is 18.7 Å². The number of rotatable bonds is 5. The molecule has 0 radical (unpaired) electrons. The second kappa shape index (κ2) is 7.05. The molecule has 0 saturated carbocycles. The minimum Gasteiger partial charge on any atom is -0.444 e. The Bertz CT molecular complexity index is 490. The van der Waals surface area contributed by atoms with Crippen LogP contribution in [0.3, 0.4) is 0 Å². The molecule has 1 amide bonds. The quantitative estimate of drug-likeness (QED) is 0.877. The van der Waals surface area contributed by atoms with Crippen LogP contribution in [0.4, 0.5) is 13.6 Å². The van der Waals surface area contributed by atoms with Crippen LogP contribution in [0.15, 0.2) is 24.3 Å². The highest BCUT2D eigenvalue weighted by Crippen LogP contribution is 2.26. The van der Waals surface area contributed by atoms with Gasteiger partial charge in [-0.05, 0) is 32.8 Å². The van der Waals surface area contributed by atoms with Crippen LogP contribution >= 0.6 is 0 Å². The SMILES string of the molecule is CC(C)(C)OC(=O)NC(CO)Cc1ccc(C(C)(F)F)cc1. The zero-order valence-corrected chi connectivity index (χ0v) is 13.3. The molecule has 0 fully saturated rings. The largest absolute Gasteiger partial charge is 0.444 e. The lowest BCUT2D eigenvalue weighted by Crippen LogP contribution is -2.42. The van der Waals surface area contributed by atoms with Crippen LogP contribution in [-0.4, -0.2) is 29.4 Å². The van der Waals surface area contributed by atoms with Gasteiger partial charge in [0.2, 0.25) is 0 Å². The van der Waals surface area contributed by atoms with Crippen LogP contribution in [-0.2, 0) is 17.1 Å². The number of nitrogens with one attached hydrogen (secondary N) is 1. The van der Waals surface area contributed by atoms with Crippen molar-refractivity contribution in [3.8, 4) is 0 Å². The molecule has 0 bridgehead atoms. The predicted molar refractivity (Wildman–Crippen MR) is 80.0 cm³/mol. The van der Waals surface area contributed by atoms with Crippen LogP contribution in [0, 0.1) is 0 Å². The third-order valence-corrected chi connectivity index (χ3v) is 2.88. The van der Waals surface area contributed by atoms with E-state index in [0.29, 0.717) is 6.42 Å². The van der Waals surface area contributed by atoms with Crippen LogP contribution in [0.2, 0.25) is 0 Å². The number of amides is 1. The van der Waals surface area contributed by atoms with Crippen molar-refractivity contribution in [3.05, 3.63) is 35.4 Å². The van der Waals surface area contributed by atoms with Crippen molar-refractivity contribution in [3.63, 3.8) is 0 Å². The minimum atomic E-state index is -2.89. The number of hydrogen-bond acceptors (Lipinski definition) is 3. The molecule has 4 nitrogen and oxygen atoms in total. The number of aliphatic hydroxyl groups excluding tert-OH is 1. The molecule has 0 saturated heterocycles. The summed E-state index contributed by atoms with van der Waals surface area (Å²) in [5.41, 5.74) is 0.0401. The smallest absolute Gasteiger partial charge is 0.407 e. The molecule has 22 heavy (non-hydrogen) atoms. The molecule has 0 aliphatic heterocycles. The normalized spacial score (nSPS) is 13.6. The van der Waals surface area contributed by atoms with Crippen molar-refractivity contribution in [2.75, 3.05) is 6.61 Å². The third-order valence-electron chi connectivity index (χ3n) is 2.88. The van der Waals surface area contributed by atoms with Gasteiger partial charge in [0.1, 0.15) is 5.60 Å². The first-order valence-corrected chi connectivity index (χ1v) is 7.09. The first-order chi connectivity index (χ1) is 10.0. The van der Waals surface area contributed by atoms with Gasteiger partial charge in [-0.15, -0.1) is 0 Å². The Morgan fingerprint density at radius 2 is 1.77 bits per heavy atom. The van der Waals surface area contributed by atoms with E-state index in [1.54, 1.807) is 32.9 Å². The fraction of sp³-hybridized carbons (Fsp3) is 0.562. The van der Waals surface area contributed by atoms with Crippen molar-refractivity contribution in [2.45, 2.75) is 51.7 Å². The number of carbonyl (C=O) groups is 1. The highest BCUT2D eigenvalue weighted by Gasteiger charge is 2.24. The van der Waals surface area contributed by atoms with Crippen molar-refractivity contribution < 1.29 is 23.4 Å². The van der Waals surface area contributed by atoms with Gasteiger partial charge in [0.15, 0.2) is 0 Å². The monoisotopic (exact) mass is 315 g/mol. The summed E-state index contributed by atoms with van der Waals surface area (Å²) in [5, 5.41) is 11.9. The van der Waals surface area contributed by atoms with Gasteiger partial charge < -0.3 is 15.2 Å². The van der Waals surface area contributed by atoms with Gasteiger partial charge in [-0.25, -0.2) is 13.6 Å². The Labute approximate surface area is 129 Å². The van der Waals surface area contributed by atoms with E-state index < -0.39 is 23.7 Å². The number of ether oxygens (including phenoxy) is 1. The summed E-state index contributed by atoms with van der Waals surface area (Å²) in [4.78, 5) is 11.7. The molecule has 0 heterocycles. The maximum Gasteiger partial charge on any atom is 0.407 e. The molecular weight excluding hydrogens is 292 g/mol. The van der Waals surface area contributed by atoms with E-state index in [4.69, 9.17) is 4.74 Å². The second-order valence-electron chi connectivity index (χ2n) is 6.32. The lowest BCUT2D eigenvalue weighted by molar-refractivity contribution is 0.0174. The molecule has 1 atom stereocenters. The number of halogens is 2. The van der Waals surface area contributed by atoms with Gasteiger partial charge in [0.25, 0.3) is 5.92 Å². The lowest BCUT2D eigenvalue weighted by Gasteiger charge is -2.23. The molecular formula is C16H23F2NO3. The summed E-state index contributed by atoms with van der Waals surface area (Å²) in [7, 11) is 0. The number of alkyl carbamates (subject to hydrolysis) is 1.